The van der Waals surface area contributed by atoms with Crippen LogP contribution in [0.15, 0.2) is 18.2 Å². The Hall–Kier alpha value is -1.51. The molecule has 1 aliphatic carbocycles. The van der Waals surface area contributed by atoms with Gasteiger partial charge in [-0.05, 0) is 42.4 Å². The van der Waals surface area contributed by atoms with E-state index >= 15 is 0 Å². The van der Waals surface area contributed by atoms with Crippen molar-refractivity contribution in [3.63, 3.8) is 0 Å². The molecule has 0 spiro atoms. The van der Waals surface area contributed by atoms with Crippen LogP contribution in [0.1, 0.15) is 48.5 Å². The fourth-order valence-corrected chi connectivity index (χ4v) is 1.69. The van der Waals surface area contributed by atoms with Gasteiger partial charge in [0.1, 0.15) is 11.3 Å². The Morgan fingerprint density at radius 3 is 2.71 bits per heavy atom. The fraction of sp³-hybridized carbons (Fsp3) is 0.500. The monoisotopic (exact) mass is 234 g/mol. The molecule has 0 radical (unpaired) electrons. The molecule has 3 nitrogen and oxygen atoms in total. The molecule has 0 unspecified atom stereocenters. The summed E-state index contributed by atoms with van der Waals surface area (Å²) in [6.07, 6.45) is 2.40. The highest BCUT2D eigenvalue weighted by Crippen LogP contribution is 2.31. The number of aromatic carboxylic acids is 1. The van der Waals surface area contributed by atoms with E-state index in [1.165, 1.54) is 12.8 Å². The summed E-state index contributed by atoms with van der Waals surface area (Å²) >= 11 is 0. The van der Waals surface area contributed by atoms with E-state index in [1.54, 1.807) is 6.07 Å². The fourth-order valence-electron chi connectivity index (χ4n) is 1.69. The van der Waals surface area contributed by atoms with Gasteiger partial charge in [0.05, 0.1) is 6.61 Å². The summed E-state index contributed by atoms with van der Waals surface area (Å²) in [6.45, 7) is 4.81. The minimum atomic E-state index is -0.925. The van der Waals surface area contributed by atoms with Gasteiger partial charge < -0.3 is 9.84 Å². The van der Waals surface area contributed by atoms with Gasteiger partial charge in [0, 0.05) is 0 Å². The molecule has 1 aromatic rings. The van der Waals surface area contributed by atoms with Gasteiger partial charge in [-0.25, -0.2) is 4.79 Å². The molecule has 1 fully saturated rings. The van der Waals surface area contributed by atoms with Crippen LogP contribution in [0.25, 0.3) is 0 Å². The zero-order chi connectivity index (χ0) is 12.4. The van der Waals surface area contributed by atoms with Crippen LogP contribution in [-0.2, 0) is 0 Å². The van der Waals surface area contributed by atoms with Crippen LogP contribution >= 0.6 is 0 Å². The van der Waals surface area contributed by atoms with Crippen LogP contribution in [0, 0.1) is 5.92 Å². The van der Waals surface area contributed by atoms with Crippen LogP contribution in [0.3, 0.4) is 0 Å². The lowest BCUT2D eigenvalue weighted by molar-refractivity contribution is 0.0692. The number of hydrogen-bond donors (Lipinski definition) is 1. The van der Waals surface area contributed by atoms with E-state index in [0.717, 1.165) is 5.56 Å². The summed E-state index contributed by atoms with van der Waals surface area (Å²) in [4.78, 5) is 11.1. The Balaban J connectivity index is 2.21. The van der Waals surface area contributed by atoms with Gasteiger partial charge in [-0.2, -0.15) is 0 Å². The number of benzene rings is 1. The number of ether oxygens (including phenoxy) is 1. The second-order valence-electron chi connectivity index (χ2n) is 4.97. The Morgan fingerprint density at radius 1 is 1.47 bits per heavy atom. The Morgan fingerprint density at radius 2 is 2.18 bits per heavy atom. The summed E-state index contributed by atoms with van der Waals surface area (Å²) in [6, 6.07) is 5.36. The first kappa shape index (κ1) is 12.0. The molecule has 1 aromatic carbocycles. The average molecular weight is 234 g/mol. The molecular weight excluding hydrogens is 216 g/mol. The minimum absolute atomic E-state index is 0.259. The highest BCUT2D eigenvalue weighted by Gasteiger charge is 2.23. The number of carboxylic acids is 1. The van der Waals surface area contributed by atoms with E-state index < -0.39 is 5.97 Å². The second-order valence-corrected chi connectivity index (χ2v) is 4.97. The smallest absolute Gasteiger partial charge is 0.339 e. The molecule has 0 aromatic heterocycles. The van der Waals surface area contributed by atoms with Gasteiger partial charge in [-0.3, -0.25) is 0 Å². The van der Waals surface area contributed by atoms with E-state index in [0.29, 0.717) is 24.2 Å². The van der Waals surface area contributed by atoms with Crippen molar-refractivity contribution in [2.24, 2.45) is 5.92 Å². The predicted octanol–water partition coefficient (Wildman–Crippen LogP) is 3.30. The van der Waals surface area contributed by atoms with E-state index in [-0.39, 0.29) is 5.56 Å². The molecule has 0 bridgehead atoms. The van der Waals surface area contributed by atoms with Crippen molar-refractivity contribution in [3.8, 4) is 5.75 Å². The molecule has 92 valence electrons. The van der Waals surface area contributed by atoms with E-state index in [2.05, 4.69) is 13.8 Å². The lowest BCUT2D eigenvalue weighted by Crippen LogP contribution is -2.06. The first-order valence-corrected chi connectivity index (χ1v) is 6.08. The molecule has 1 aliphatic rings. The molecular formula is C14H18O3. The van der Waals surface area contributed by atoms with E-state index in [9.17, 15) is 4.79 Å². The van der Waals surface area contributed by atoms with E-state index in [4.69, 9.17) is 9.84 Å². The third kappa shape index (κ3) is 2.99. The summed E-state index contributed by atoms with van der Waals surface area (Å²) in [5.41, 5.74) is 1.37. The molecule has 1 saturated carbocycles. The molecule has 0 heterocycles. The minimum Gasteiger partial charge on any atom is -0.492 e. The summed E-state index contributed by atoms with van der Waals surface area (Å²) in [5.74, 6) is 0.585. The highest BCUT2D eigenvalue weighted by molar-refractivity contribution is 5.91. The third-order valence-corrected chi connectivity index (χ3v) is 3.07. The molecule has 1 N–H and O–H groups in total. The standard InChI is InChI=1S/C14H18O3/c1-9(2)11-5-6-12(14(15)16)13(7-11)17-8-10-3-4-10/h5-7,9-10H,3-4,8H2,1-2H3,(H,15,16). The second kappa shape index (κ2) is 4.78. The zero-order valence-corrected chi connectivity index (χ0v) is 10.3. The van der Waals surface area contributed by atoms with Crippen molar-refractivity contribution in [1.82, 2.24) is 0 Å². The van der Waals surface area contributed by atoms with Crippen molar-refractivity contribution in [2.45, 2.75) is 32.6 Å². The molecule has 0 saturated heterocycles. The molecule has 0 amide bonds. The van der Waals surface area contributed by atoms with Gasteiger partial charge in [0.15, 0.2) is 0 Å². The molecule has 0 aliphatic heterocycles. The van der Waals surface area contributed by atoms with Crippen LogP contribution in [0.5, 0.6) is 5.75 Å². The van der Waals surface area contributed by atoms with Crippen LogP contribution in [0.2, 0.25) is 0 Å². The lowest BCUT2D eigenvalue weighted by Gasteiger charge is -2.12. The maximum absolute atomic E-state index is 11.1. The van der Waals surface area contributed by atoms with Gasteiger partial charge >= 0.3 is 5.97 Å². The summed E-state index contributed by atoms with van der Waals surface area (Å²) in [5, 5.41) is 9.10. The summed E-state index contributed by atoms with van der Waals surface area (Å²) in [7, 11) is 0. The van der Waals surface area contributed by atoms with Gasteiger partial charge in [-0.15, -0.1) is 0 Å². The molecule has 3 heteroatoms. The van der Waals surface area contributed by atoms with Crippen LogP contribution in [0.4, 0.5) is 0 Å². The topological polar surface area (TPSA) is 46.5 Å². The highest BCUT2D eigenvalue weighted by atomic mass is 16.5. The SMILES string of the molecule is CC(C)c1ccc(C(=O)O)c(OCC2CC2)c1. The van der Waals surface area contributed by atoms with Gasteiger partial charge in [-0.1, -0.05) is 19.9 Å². The quantitative estimate of drug-likeness (QED) is 0.850. The predicted molar refractivity (Wildman–Crippen MR) is 65.7 cm³/mol. The molecule has 17 heavy (non-hydrogen) atoms. The third-order valence-electron chi connectivity index (χ3n) is 3.07. The van der Waals surface area contributed by atoms with Crippen LogP contribution in [-0.4, -0.2) is 17.7 Å². The first-order chi connectivity index (χ1) is 8.08. The average Bonchev–Trinajstić information content (AvgIpc) is 3.09. The van der Waals surface area contributed by atoms with Gasteiger partial charge in [0.2, 0.25) is 0 Å². The maximum Gasteiger partial charge on any atom is 0.339 e. The maximum atomic E-state index is 11.1. The Kier molecular flexibility index (Phi) is 3.36. The number of hydrogen-bond acceptors (Lipinski definition) is 2. The van der Waals surface area contributed by atoms with Crippen molar-refractivity contribution < 1.29 is 14.6 Å². The van der Waals surface area contributed by atoms with Crippen molar-refractivity contribution >= 4 is 5.97 Å². The molecule has 2 rings (SSSR count). The van der Waals surface area contributed by atoms with Gasteiger partial charge in [0.25, 0.3) is 0 Å². The first-order valence-electron chi connectivity index (χ1n) is 6.08. The van der Waals surface area contributed by atoms with Crippen molar-refractivity contribution in [1.29, 1.82) is 0 Å². The van der Waals surface area contributed by atoms with Crippen LogP contribution < -0.4 is 4.74 Å². The van der Waals surface area contributed by atoms with Crippen molar-refractivity contribution in [3.05, 3.63) is 29.3 Å². The lowest BCUT2D eigenvalue weighted by atomic mass is 10.0. The van der Waals surface area contributed by atoms with Crippen molar-refractivity contribution in [2.75, 3.05) is 6.61 Å². The Bertz CT molecular complexity index is 419. The number of rotatable bonds is 5. The normalized spacial score (nSPS) is 15.0. The number of carboxylic acid groups (broad SMARTS) is 1. The number of carbonyl (C=O) groups is 1. The largest absolute Gasteiger partial charge is 0.492 e. The van der Waals surface area contributed by atoms with E-state index in [1.807, 2.05) is 12.1 Å². The summed E-state index contributed by atoms with van der Waals surface area (Å²) < 4.78 is 5.63. The zero-order valence-electron chi connectivity index (χ0n) is 10.3. The Labute approximate surface area is 101 Å². The molecule has 0 atom stereocenters.